The predicted octanol–water partition coefficient (Wildman–Crippen LogP) is 4.66. The molecule has 0 N–H and O–H groups in total. The van der Waals surface area contributed by atoms with Crippen molar-refractivity contribution in [2.75, 3.05) is 6.61 Å². The standard InChI is InChI=1S/C21H15ClNO2/c1-14-16(13-25-20-10-6-5-9-19(20)22)11-17(18(12-23)21(14)24)15-7-3-2-4-8-15/h2-11,18H,1,13H2. The number of allylic oxidation sites excluding steroid dienone is 2. The Morgan fingerprint density at radius 2 is 1.80 bits per heavy atom. The van der Waals surface area contributed by atoms with Gasteiger partial charge in [-0.05, 0) is 41.8 Å². The van der Waals surface area contributed by atoms with E-state index in [-0.39, 0.29) is 12.4 Å². The van der Waals surface area contributed by atoms with Crippen LogP contribution in [0.15, 0.2) is 71.8 Å². The molecule has 0 amide bonds. The maximum absolute atomic E-state index is 12.6. The molecule has 1 aliphatic rings. The molecule has 0 bridgehead atoms. The van der Waals surface area contributed by atoms with Crippen LogP contribution in [-0.4, -0.2) is 12.4 Å². The van der Waals surface area contributed by atoms with Gasteiger partial charge in [-0.2, -0.15) is 5.26 Å². The molecule has 4 heteroatoms. The molecule has 0 saturated heterocycles. The Balaban J connectivity index is 1.94. The number of hydrogen-bond acceptors (Lipinski definition) is 3. The highest BCUT2D eigenvalue weighted by atomic mass is 35.5. The number of nitrogens with zero attached hydrogens (tertiary/aromatic N) is 1. The van der Waals surface area contributed by atoms with Crippen molar-refractivity contribution < 1.29 is 9.53 Å². The van der Waals surface area contributed by atoms with Crippen LogP contribution in [0, 0.1) is 24.2 Å². The summed E-state index contributed by atoms with van der Waals surface area (Å²) in [6.45, 7) is 4.00. The summed E-state index contributed by atoms with van der Waals surface area (Å²) in [5.41, 5.74) is 2.46. The molecule has 1 atom stereocenters. The zero-order valence-electron chi connectivity index (χ0n) is 13.4. The van der Waals surface area contributed by atoms with Crippen LogP contribution in [-0.2, 0) is 4.79 Å². The van der Waals surface area contributed by atoms with Gasteiger partial charge in [0.1, 0.15) is 18.3 Å². The van der Waals surface area contributed by atoms with Gasteiger partial charge < -0.3 is 4.74 Å². The average Bonchev–Trinajstić information content (AvgIpc) is 2.64. The van der Waals surface area contributed by atoms with Crippen molar-refractivity contribution in [3.05, 3.63) is 89.3 Å². The second-order valence-electron chi connectivity index (χ2n) is 5.61. The lowest BCUT2D eigenvalue weighted by Gasteiger charge is -2.22. The van der Waals surface area contributed by atoms with Crippen molar-refractivity contribution in [3.63, 3.8) is 0 Å². The highest BCUT2D eigenvalue weighted by Gasteiger charge is 2.30. The first-order valence-electron chi connectivity index (χ1n) is 7.75. The lowest BCUT2D eigenvalue weighted by atomic mass is 9.81. The number of carbonyl (C=O) groups is 1. The van der Waals surface area contributed by atoms with Gasteiger partial charge in [-0.1, -0.05) is 54.1 Å². The molecule has 0 aromatic heterocycles. The van der Waals surface area contributed by atoms with E-state index in [1.165, 1.54) is 0 Å². The van der Waals surface area contributed by atoms with Crippen LogP contribution in [0.2, 0.25) is 5.02 Å². The third-order valence-corrected chi connectivity index (χ3v) is 4.36. The van der Waals surface area contributed by atoms with Crippen LogP contribution in [0.5, 0.6) is 5.75 Å². The van der Waals surface area contributed by atoms with E-state index in [0.29, 0.717) is 27.5 Å². The fourth-order valence-corrected chi connectivity index (χ4v) is 2.88. The third-order valence-electron chi connectivity index (χ3n) is 4.04. The zero-order chi connectivity index (χ0) is 17.8. The molecule has 0 aliphatic heterocycles. The summed E-state index contributed by atoms with van der Waals surface area (Å²) in [7, 11) is 0. The Labute approximate surface area is 151 Å². The molecule has 0 saturated carbocycles. The summed E-state index contributed by atoms with van der Waals surface area (Å²) in [4.78, 5) is 12.6. The molecule has 0 spiro atoms. The Morgan fingerprint density at radius 1 is 1.12 bits per heavy atom. The van der Waals surface area contributed by atoms with Gasteiger partial charge in [-0.3, -0.25) is 4.79 Å². The van der Waals surface area contributed by atoms with Crippen molar-refractivity contribution in [2.45, 2.75) is 0 Å². The quantitative estimate of drug-likeness (QED) is 0.807. The molecule has 1 aliphatic carbocycles. The molecule has 123 valence electrons. The van der Waals surface area contributed by atoms with E-state index in [0.717, 1.165) is 5.56 Å². The Morgan fingerprint density at radius 3 is 2.48 bits per heavy atom. The van der Waals surface area contributed by atoms with Gasteiger partial charge in [0.25, 0.3) is 0 Å². The molecule has 1 radical (unpaired) electrons. The first-order valence-corrected chi connectivity index (χ1v) is 8.13. The highest BCUT2D eigenvalue weighted by molar-refractivity contribution is 6.32. The summed E-state index contributed by atoms with van der Waals surface area (Å²) in [5.74, 6) is -0.602. The number of ether oxygens (including phenoxy) is 1. The summed E-state index contributed by atoms with van der Waals surface area (Å²) in [6.07, 6.45) is 1.82. The van der Waals surface area contributed by atoms with Crippen LogP contribution >= 0.6 is 11.6 Å². The third kappa shape index (κ3) is 3.50. The largest absolute Gasteiger partial charge is 0.487 e. The van der Waals surface area contributed by atoms with Crippen molar-refractivity contribution in [2.24, 2.45) is 5.92 Å². The summed E-state index contributed by atoms with van der Waals surface area (Å²) < 4.78 is 5.74. The molecular formula is C21H15ClNO2. The van der Waals surface area contributed by atoms with Crippen molar-refractivity contribution in [1.29, 1.82) is 5.26 Å². The van der Waals surface area contributed by atoms with E-state index < -0.39 is 5.92 Å². The van der Waals surface area contributed by atoms with Crippen molar-refractivity contribution in [3.8, 4) is 11.8 Å². The molecule has 2 aromatic rings. The molecule has 3 rings (SSSR count). The number of para-hydroxylation sites is 1. The maximum atomic E-state index is 12.6. The second kappa shape index (κ2) is 7.38. The lowest BCUT2D eigenvalue weighted by Crippen LogP contribution is -2.22. The number of halogens is 1. The lowest BCUT2D eigenvalue weighted by molar-refractivity contribution is -0.116. The van der Waals surface area contributed by atoms with Gasteiger partial charge in [0.15, 0.2) is 5.78 Å². The number of rotatable bonds is 4. The Hall–Kier alpha value is -2.83. The number of carbonyl (C=O) groups excluding carboxylic acids is 1. The molecule has 25 heavy (non-hydrogen) atoms. The van der Waals surface area contributed by atoms with Crippen molar-refractivity contribution in [1.82, 2.24) is 0 Å². The van der Waals surface area contributed by atoms with Gasteiger partial charge in [-0.25, -0.2) is 0 Å². The van der Waals surface area contributed by atoms with Gasteiger partial charge in [0.2, 0.25) is 0 Å². The van der Waals surface area contributed by atoms with Crippen LogP contribution in [0.4, 0.5) is 0 Å². The van der Waals surface area contributed by atoms with Crippen LogP contribution in [0.25, 0.3) is 5.57 Å². The minimum atomic E-state index is -0.848. The molecular weight excluding hydrogens is 334 g/mol. The van der Waals surface area contributed by atoms with Crippen LogP contribution in [0.3, 0.4) is 0 Å². The minimum absolute atomic E-state index is 0.156. The molecule has 0 heterocycles. The van der Waals surface area contributed by atoms with E-state index in [1.807, 2.05) is 48.5 Å². The fraction of sp³-hybridized carbons (Fsp3) is 0.0952. The number of hydrogen-bond donors (Lipinski definition) is 0. The van der Waals surface area contributed by atoms with E-state index in [9.17, 15) is 10.1 Å². The molecule has 2 aromatic carbocycles. The average molecular weight is 349 g/mol. The Kier molecular flexibility index (Phi) is 5.02. The summed E-state index contributed by atoms with van der Waals surface area (Å²) >= 11 is 6.10. The minimum Gasteiger partial charge on any atom is -0.487 e. The molecule has 3 nitrogen and oxygen atoms in total. The van der Waals surface area contributed by atoms with Crippen molar-refractivity contribution >= 4 is 23.0 Å². The SMILES string of the molecule is [CH2]C1=C(COc2ccccc2Cl)C=C(c2ccccc2)C(C#N)C1=O. The second-order valence-corrected chi connectivity index (χ2v) is 6.02. The van der Waals surface area contributed by atoms with Crippen LogP contribution in [0.1, 0.15) is 5.56 Å². The summed E-state index contributed by atoms with van der Waals surface area (Å²) in [6, 6.07) is 18.6. The number of nitriles is 1. The van der Waals surface area contributed by atoms with Gasteiger partial charge in [-0.15, -0.1) is 0 Å². The van der Waals surface area contributed by atoms with Gasteiger partial charge in [0.05, 0.1) is 11.1 Å². The molecule has 1 unspecified atom stereocenters. The maximum Gasteiger partial charge on any atom is 0.180 e. The van der Waals surface area contributed by atoms with Gasteiger partial charge >= 0.3 is 0 Å². The number of benzene rings is 2. The normalized spacial score (nSPS) is 17.1. The first kappa shape index (κ1) is 17.0. The van der Waals surface area contributed by atoms with E-state index in [1.54, 1.807) is 12.1 Å². The first-order chi connectivity index (χ1) is 12.1. The van der Waals surface area contributed by atoms with E-state index in [4.69, 9.17) is 16.3 Å². The Bertz CT molecular complexity index is 907. The van der Waals surface area contributed by atoms with E-state index in [2.05, 4.69) is 13.0 Å². The molecule has 0 fully saturated rings. The zero-order valence-corrected chi connectivity index (χ0v) is 14.2. The predicted molar refractivity (Wildman–Crippen MR) is 97.9 cm³/mol. The smallest absolute Gasteiger partial charge is 0.180 e. The van der Waals surface area contributed by atoms with E-state index >= 15 is 0 Å². The summed E-state index contributed by atoms with van der Waals surface area (Å²) in [5, 5.41) is 9.93. The monoisotopic (exact) mass is 348 g/mol. The topological polar surface area (TPSA) is 50.1 Å². The highest BCUT2D eigenvalue weighted by Crippen LogP contribution is 2.33. The van der Waals surface area contributed by atoms with Crippen LogP contribution < -0.4 is 4.74 Å². The van der Waals surface area contributed by atoms with Gasteiger partial charge in [0, 0.05) is 5.57 Å². The number of Topliss-reactive ketones (excluding diaryl/α,β-unsaturated/α-hetero) is 1. The fourth-order valence-electron chi connectivity index (χ4n) is 2.69. The number of ketones is 1.